The minimum atomic E-state index is -0.573. The molecule has 0 spiro atoms. The average Bonchev–Trinajstić information content (AvgIpc) is 2.46. The molecule has 0 radical (unpaired) electrons. The van der Waals surface area contributed by atoms with Crippen LogP contribution in [-0.4, -0.2) is 30.9 Å². The molecule has 1 unspecified atom stereocenters. The van der Waals surface area contributed by atoms with Crippen molar-refractivity contribution in [2.45, 2.75) is 25.4 Å². The van der Waals surface area contributed by atoms with Gasteiger partial charge in [-0.2, -0.15) is 0 Å². The smallest absolute Gasteiger partial charge is 0.292 e. The second-order valence-electron chi connectivity index (χ2n) is 4.53. The summed E-state index contributed by atoms with van der Waals surface area (Å²) in [7, 11) is 0. The molecular weight excluding hydrogens is 310 g/mol. The number of amides is 1. The Hall–Kier alpha value is -1.20. The van der Waals surface area contributed by atoms with Crippen LogP contribution in [0.4, 0.5) is 0 Å². The number of nitrogens with one attached hydrogen (secondary N) is 1. The van der Waals surface area contributed by atoms with Crippen molar-refractivity contribution in [3.63, 3.8) is 0 Å². The first-order valence-electron chi connectivity index (χ1n) is 6.36. The second-order valence-corrected chi connectivity index (χ2v) is 5.45. The topological polar surface area (TPSA) is 55.4 Å². The quantitative estimate of drug-likeness (QED) is 0.682. The van der Waals surface area contributed by atoms with Crippen molar-refractivity contribution < 1.29 is 14.3 Å². The van der Waals surface area contributed by atoms with Gasteiger partial charge in [-0.15, -0.1) is 0 Å². The molecule has 1 aromatic rings. The third-order valence-electron chi connectivity index (χ3n) is 3.08. The number of rotatable bonds is 4. The van der Waals surface area contributed by atoms with Gasteiger partial charge < -0.3 is 10.1 Å². The number of ketones is 1. The molecule has 19 heavy (non-hydrogen) atoms. The van der Waals surface area contributed by atoms with Crippen molar-refractivity contribution in [1.29, 1.82) is 0 Å². The third-order valence-corrected chi connectivity index (χ3v) is 3.61. The highest BCUT2D eigenvalue weighted by Gasteiger charge is 2.19. The highest BCUT2D eigenvalue weighted by atomic mass is 79.9. The molecule has 1 fully saturated rings. The number of benzene rings is 1. The largest absolute Gasteiger partial charge is 0.376 e. The van der Waals surface area contributed by atoms with Crippen molar-refractivity contribution in [3.8, 4) is 0 Å². The van der Waals surface area contributed by atoms with Crippen LogP contribution in [0.1, 0.15) is 29.6 Å². The van der Waals surface area contributed by atoms with Crippen LogP contribution >= 0.6 is 15.9 Å². The predicted octanol–water partition coefficient (Wildman–Crippen LogP) is 2.32. The number of Topliss-reactive ketones (excluding diaryl/α,β-unsaturated/α-hetero) is 1. The average molecular weight is 326 g/mol. The van der Waals surface area contributed by atoms with E-state index in [0.29, 0.717) is 12.1 Å². The molecule has 4 nitrogen and oxygen atoms in total. The van der Waals surface area contributed by atoms with E-state index < -0.39 is 11.7 Å². The van der Waals surface area contributed by atoms with Crippen molar-refractivity contribution >= 4 is 27.6 Å². The first kappa shape index (κ1) is 14.2. The maximum atomic E-state index is 11.9. The number of hydrogen-bond acceptors (Lipinski definition) is 3. The maximum absolute atomic E-state index is 11.9. The summed E-state index contributed by atoms with van der Waals surface area (Å²) in [6.07, 6.45) is 3.16. The van der Waals surface area contributed by atoms with Crippen LogP contribution in [-0.2, 0) is 9.53 Å². The van der Waals surface area contributed by atoms with E-state index in [0.717, 1.165) is 30.3 Å². The second kappa shape index (κ2) is 6.82. The summed E-state index contributed by atoms with van der Waals surface area (Å²) in [5.41, 5.74) is 0.394. The van der Waals surface area contributed by atoms with Gasteiger partial charge in [0.05, 0.1) is 6.10 Å². The minimum absolute atomic E-state index is 0.0374. The van der Waals surface area contributed by atoms with E-state index in [9.17, 15) is 9.59 Å². The number of ether oxygens (including phenoxy) is 1. The van der Waals surface area contributed by atoms with Crippen molar-refractivity contribution in [1.82, 2.24) is 5.32 Å². The van der Waals surface area contributed by atoms with E-state index in [1.54, 1.807) is 24.3 Å². The van der Waals surface area contributed by atoms with Crippen molar-refractivity contribution in [2.24, 2.45) is 0 Å². The van der Waals surface area contributed by atoms with Crippen LogP contribution in [0.2, 0.25) is 0 Å². The summed E-state index contributed by atoms with van der Waals surface area (Å²) in [5, 5.41) is 2.64. The van der Waals surface area contributed by atoms with E-state index in [2.05, 4.69) is 21.2 Å². The van der Waals surface area contributed by atoms with Gasteiger partial charge in [0.2, 0.25) is 5.78 Å². The van der Waals surface area contributed by atoms with Crippen LogP contribution in [0.3, 0.4) is 0 Å². The number of carbonyl (C=O) groups excluding carboxylic acids is 2. The van der Waals surface area contributed by atoms with Gasteiger partial charge in [0, 0.05) is 23.2 Å². The van der Waals surface area contributed by atoms with Gasteiger partial charge in [0.1, 0.15) is 0 Å². The Morgan fingerprint density at radius 1 is 1.26 bits per heavy atom. The van der Waals surface area contributed by atoms with Gasteiger partial charge in [-0.1, -0.05) is 15.9 Å². The molecule has 5 heteroatoms. The molecule has 102 valence electrons. The van der Waals surface area contributed by atoms with Crippen molar-refractivity contribution in [3.05, 3.63) is 34.3 Å². The van der Waals surface area contributed by atoms with Gasteiger partial charge in [-0.3, -0.25) is 9.59 Å². The summed E-state index contributed by atoms with van der Waals surface area (Å²) in [5.74, 6) is -1.08. The lowest BCUT2D eigenvalue weighted by molar-refractivity contribution is -0.117. The molecule has 0 bridgehead atoms. The Morgan fingerprint density at radius 2 is 2.00 bits per heavy atom. The first-order valence-corrected chi connectivity index (χ1v) is 7.16. The van der Waals surface area contributed by atoms with Crippen LogP contribution < -0.4 is 5.32 Å². The fraction of sp³-hybridized carbons (Fsp3) is 0.429. The molecule has 1 aliphatic heterocycles. The normalized spacial score (nSPS) is 18.9. The molecule has 0 aromatic heterocycles. The zero-order valence-electron chi connectivity index (χ0n) is 10.5. The van der Waals surface area contributed by atoms with Gasteiger partial charge >= 0.3 is 0 Å². The standard InChI is InChI=1S/C14H16BrNO3/c15-11-6-4-10(5-7-11)13(17)14(18)16-9-12-3-1-2-8-19-12/h4-7,12H,1-3,8-9H2,(H,16,18). The Morgan fingerprint density at radius 3 is 2.63 bits per heavy atom. The highest BCUT2D eigenvalue weighted by Crippen LogP contribution is 2.12. The lowest BCUT2D eigenvalue weighted by atomic mass is 10.1. The summed E-state index contributed by atoms with van der Waals surface area (Å²) in [6, 6.07) is 6.74. The van der Waals surface area contributed by atoms with E-state index in [1.807, 2.05) is 0 Å². The van der Waals surface area contributed by atoms with E-state index in [1.165, 1.54) is 0 Å². The SMILES string of the molecule is O=C(NCC1CCCCO1)C(=O)c1ccc(Br)cc1. The third kappa shape index (κ3) is 4.14. The molecule has 0 aliphatic carbocycles. The monoisotopic (exact) mass is 325 g/mol. The first-order chi connectivity index (χ1) is 9.16. The zero-order valence-corrected chi connectivity index (χ0v) is 12.1. The number of halogens is 1. The lowest BCUT2D eigenvalue weighted by Gasteiger charge is -2.22. The van der Waals surface area contributed by atoms with E-state index in [4.69, 9.17) is 4.74 Å². The summed E-state index contributed by atoms with van der Waals surface area (Å²) in [6.45, 7) is 1.14. The van der Waals surface area contributed by atoms with Crippen molar-refractivity contribution in [2.75, 3.05) is 13.2 Å². The van der Waals surface area contributed by atoms with Crippen LogP contribution in [0.15, 0.2) is 28.7 Å². The minimum Gasteiger partial charge on any atom is -0.376 e. The Labute approximate surface area is 120 Å². The molecule has 1 N–H and O–H groups in total. The molecule has 1 amide bonds. The highest BCUT2D eigenvalue weighted by molar-refractivity contribution is 9.10. The molecule has 1 aliphatic rings. The molecular formula is C14H16BrNO3. The molecule has 1 saturated heterocycles. The van der Waals surface area contributed by atoms with E-state index in [-0.39, 0.29) is 6.10 Å². The fourth-order valence-electron chi connectivity index (χ4n) is 1.99. The number of carbonyl (C=O) groups is 2. The van der Waals surface area contributed by atoms with Crippen LogP contribution in [0.25, 0.3) is 0 Å². The predicted molar refractivity (Wildman–Crippen MR) is 75.1 cm³/mol. The van der Waals surface area contributed by atoms with Crippen LogP contribution in [0, 0.1) is 0 Å². The van der Waals surface area contributed by atoms with E-state index >= 15 is 0 Å². The molecule has 1 aromatic carbocycles. The number of hydrogen-bond donors (Lipinski definition) is 1. The maximum Gasteiger partial charge on any atom is 0.292 e. The molecule has 1 atom stereocenters. The molecule has 0 saturated carbocycles. The summed E-state index contributed by atoms with van der Waals surface area (Å²) < 4.78 is 6.37. The molecule has 1 heterocycles. The fourth-order valence-corrected chi connectivity index (χ4v) is 2.25. The van der Waals surface area contributed by atoms with Gasteiger partial charge in [-0.25, -0.2) is 0 Å². The Bertz CT molecular complexity index is 452. The van der Waals surface area contributed by atoms with Gasteiger partial charge in [-0.05, 0) is 43.5 Å². The Balaban J connectivity index is 1.85. The summed E-state index contributed by atoms with van der Waals surface area (Å²) >= 11 is 3.29. The van der Waals surface area contributed by atoms with Gasteiger partial charge in [0.15, 0.2) is 0 Å². The lowest BCUT2D eigenvalue weighted by Crippen LogP contribution is -2.38. The molecule has 2 rings (SSSR count). The Kier molecular flexibility index (Phi) is 5.10. The van der Waals surface area contributed by atoms with Crippen LogP contribution in [0.5, 0.6) is 0 Å². The zero-order chi connectivity index (χ0) is 13.7. The summed E-state index contributed by atoms with van der Waals surface area (Å²) in [4.78, 5) is 23.6. The van der Waals surface area contributed by atoms with Gasteiger partial charge in [0.25, 0.3) is 5.91 Å².